The Bertz CT molecular complexity index is 385. The number of hydrogen-bond donors (Lipinski definition) is 0. The summed E-state index contributed by atoms with van der Waals surface area (Å²) >= 11 is 7.16. The van der Waals surface area contributed by atoms with Gasteiger partial charge in [-0.2, -0.15) is 0 Å². The molecule has 1 fully saturated rings. The van der Waals surface area contributed by atoms with Crippen molar-refractivity contribution in [1.29, 1.82) is 0 Å². The summed E-state index contributed by atoms with van der Waals surface area (Å²) in [5.74, 6) is 1.95. The number of nitrogens with zero attached hydrogens (tertiary/aromatic N) is 2. The number of alkyl halides is 1. The Hall–Kier alpha value is -0.0900. The molecular formula is C13H18Br2N2. The minimum atomic E-state index is 0.628. The van der Waals surface area contributed by atoms with E-state index in [4.69, 9.17) is 0 Å². The van der Waals surface area contributed by atoms with Gasteiger partial charge >= 0.3 is 0 Å². The Morgan fingerprint density at radius 2 is 2.06 bits per heavy atom. The molecule has 2 rings (SSSR count). The summed E-state index contributed by atoms with van der Waals surface area (Å²) in [6.45, 7) is 6.63. The van der Waals surface area contributed by atoms with Crippen LogP contribution in [0, 0.1) is 12.8 Å². The number of anilines is 1. The van der Waals surface area contributed by atoms with Crippen molar-refractivity contribution in [2.45, 2.75) is 31.5 Å². The Morgan fingerprint density at radius 3 is 2.59 bits per heavy atom. The number of halogens is 2. The second-order valence-corrected chi connectivity index (χ2v) is 7.16. The zero-order chi connectivity index (χ0) is 12.4. The first-order chi connectivity index (χ1) is 8.08. The molecule has 2 heterocycles. The van der Waals surface area contributed by atoms with Crippen LogP contribution in [0.15, 0.2) is 16.7 Å². The van der Waals surface area contributed by atoms with Crippen LogP contribution in [0.25, 0.3) is 0 Å². The maximum Gasteiger partial charge on any atom is 0.131 e. The molecule has 2 nitrogen and oxygen atoms in total. The molecular weight excluding hydrogens is 344 g/mol. The number of rotatable bonds is 2. The van der Waals surface area contributed by atoms with Crippen LogP contribution in [-0.4, -0.2) is 22.9 Å². The number of aryl methyl sites for hydroxylation is 1. The van der Waals surface area contributed by atoms with Gasteiger partial charge in [-0.1, -0.05) is 22.9 Å². The lowest BCUT2D eigenvalue weighted by molar-refractivity contribution is 0.405. The molecule has 0 N–H and O–H groups in total. The van der Waals surface area contributed by atoms with E-state index in [9.17, 15) is 0 Å². The number of hydrogen-bond acceptors (Lipinski definition) is 2. The Balaban J connectivity index is 2.05. The second-order valence-electron chi connectivity index (χ2n) is 4.80. The standard InChI is InChI=1S/C13H18Br2N2/c1-9-7-12(15)8-16-13(9)17-5-3-11(4-6-17)10(2)14/h7-8,10-11H,3-6H2,1-2H3. The predicted octanol–water partition coefficient (Wildman–Crippen LogP) is 4.15. The quantitative estimate of drug-likeness (QED) is 0.735. The smallest absolute Gasteiger partial charge is 0.131 e. The van der Waals surface area contributed by atoms with Gasteiger partial charge in [0.1, 0.15) is 5.82 Å². The van der Waals surface area contributed by atoms with Gasteiger partial charge in [0, 0.05) is 28.6 Å². The van der Waals surface area contributed by atoms with Crippen LogP contribution in [-0.2, 0) is 0 Å². The summed E-state index contributed by atoms with van der Waals surface area (Å²) < 4.78 is 1.06. The van der Waals surface area contributed by atoms with Crippen molar-refractivity contribution in [3.05, 3.63) is 22.3 Å². The highest BCUT2D eigenvalue weighted by molar-refractivity contribution is 9.10. The van der Waals surface area contributed by atoms with E-state index < -0.39 is 0 Å². The highest BCUT2D eigenvalue weighted by Gasteiger charge is 2.23. The molecule has 1 saturated heterocycles. The van der Waals surface area contributed by atoms with Gasteiger partial charge in [-0.05, 0) is 53.2 Å². The van der Waals surface area contributed by atoms with Crippen LogP contribution in [0.2, 0.25) is 0 Å². The van der Waals surface area contributed by atoms with Gasteiger partial charge in [0.05, 0.1) is 0 Å². The van der Waals surface area contributed by atoms with Crippen molar-refractivity contribution in [1.82, 2.24) is 4.98 Å². The fraction of sp³-hybridized carbons (Fsp3) is 0.615. The summed E-state index contributed by atoms with van der Waals surface area (Å²) in [5.41, 5.74) is 1.25. The van der Waals surface area contributed by atoms with E-state index >= 15 is 0 Å². The molecule has 1 aliphatic heterocycles. The summed E-state index contributed by atoms with van der Waals surface area (Å²) in [4.78, 5) is 7.58. The second kappa shape index (κ2) is 5.70. The van der Waals surface area contributed by atoms with E-state index in [0.717, 1.165) is 29.3 Å². The SMILES string of the molecule is Cc1cc(Br)cnc1N1CCC(C(C)Br)CC1. The molecule has 1 aromatic heterocycles. The largest absolute Gasteiger partial charge is 0.356 e. The van der Waals surface area contributed by atoms with Crippen LogP contribution in [0.1, 0.15) is 25.3 Å². The average Bonchev–Trinajstić information content (AvgIpc) is 2.29. The molecule has 1 atom stereocenters. The summed E-state index contributed by atoms with van der Waals surface area (Å²) in [6.07, 6.45) is 4.40. The van der Waals surface area contributed by atoms with E-state index in [2.05, 4.69) is 61.7 Å². The van der Waals surface area contributed by atoms with Crippen molar-refractivity contribution < 1.29 is 0 Å². The highest BCUT2D eigenvalue weighted by atomic mass is 79.9. The highest BCUT2D eigenvalue weighted by Crippen LogP contribution is 2.29. The zero-order valence-electron chi connectivity index (χ0n) is 10.3. The first-order valence-electron chi connectivity index (χ1n) is 6.09. The fourth-order valence-electron chi connectivity index (χ4n) is 2.43. The topological polar surface area (TPSA) is 16.1 Å². The van der Waals surface area contributed by atoms with E-state index in [-0.39, 0.29) is 0 Å². The third-order valence-electron chi connectivity index (χ3n) is 3.51. The third kappa shape index (κ3) is 3.22. The monoisotopic (exact) mass is 360 g/mol. The van der Waals surface area contributed by atoms with Crippen LogP contribution < -0.4 is 4.90 Å². The molecule has 0 aliphatic carbocycles. The molecule has 94 valence electrons. The van der Waals surface area contributed by atoms with E-state index in [1.807, 2.05) is 6.20 Å². The lowest BCUT2D eigenvalue weighted by Crippen LogP contribution is -2.36. The molecule has 0 aromatic carbocycles. The number of aromatic nitrogens is 1. The molecule has 0 radical (unpaired) electrons. The van der Waals surface area contributed by atoms with Gasteiger partial charge in [0.15, 0.2) is 0 Å². The van der Waals surface area contributed by atoms with Crippen molar-refractivity contribution in [2.24, 2.45) is 5.92 Å². The van der Waals surface area contributed by atoms with Gasteiger partial charge in [0.25, 0.3) is 0 Å². The van der Waals surface area contributed by atoms with E-state index in [0.29, 0.717) is 4.83 Å². The normalized spacial score (nSPS) is 19.4. The molecule has 4 heteroatoms. The molecule has 0 amide bonds. The molecule has 0 saturated carbocycles. The molecule has 1 unspecified atom stereocenters. The van der Waals surface area contributed by atoms with Gasteiger partial charge in [-0.15, -0.1) is 0 Å². The molecule has 1 aliphatic rings. The van der Waals surface area contributed by atoms with Gasteiger partial charge in [-0.3, -0.25) is 0 Å². The van der Waals surface area contributed by atoms with Crippen LogP contribution in [0.3, 0.4) is 0 Å². The predicted molar refractivity (Wildman–Crippen MR) is 80.0 cm³/mol. The maximum atomic E-state index is 4.54. The van der Waals surface area contributed by atoms with Crippen molar-refractivity contribution in [3.63, 3.8) is 0 Å². The fourth-order valence-corrected chi connectivity index (χ4v) is 3.41. The van der Waals surface area contributed by atoms with Crippen LogP contribution in [0.5, 0.6) is 0 Å². The summed E-state index contributed by atoms with van der Waals surface area (Å²) in [7, 11) is 0. The molecule has 0 bridgehead atoms. The van der Waals surface area contributed by atoms with Crippen molar-refractivity contribution >= 4 is 37.7 Å². The van der Waals surface area contributed by atoms with Crippen molar-refractivity contribution in [2.75, 3.05) is 18.0 Å². The first-order valence-corrected chi connectivity index (χ1v) is 7.80. The average molecular weight is 362 g/mol. The van der Waals surface area contributed by atoms with Crippen LogP contribution in [0.4, 0.5) is 5.82 Å². The van der Waals surface area contributed by atoms with Gasteiger partial charge < -0.3 is 4.90 Å². The van der Waals surface area contributed by atoms with E-state index in [1.165, 1.54) is 18.4 Å². The minimum Gasteiger partial charge on any atom is -0.356 e. The Morgan fingerprint density at radius 1 is 1.41 bits per heavy atom. The van der Waals surface area contributed by atoms with Crippen molar-refractivity contribution in [3.8, 4) is 0 Å². The minimum absolute atomic E-state index is 0.628. The lowest BCUT2D eigenvalue weighted by Gasteiger charge is -2.34. The molecule has 0 spiro atoms. The maximum absolute atomic E-state index is 4.54. The van der Waals surface area contributed by atoms with E-state index in [1.54, 1.807) is 0 Å². The number of piperidine rings is 1. The summed E-state index contributed by atoms with van der Waals surface area (Å²) in [5, 5.41) is 0. The lowest BCUT2D eigenvalue weighted by atomic mass is 9.94. The Kier molecular flexibility index (Phi) is 4.47. The number of pyridine rings is 1. The van der Waals surface area contributed by atoms with Gasteiger partial charge in [-0.25, -0.2) is 4.98 Å². The summed E-state index contributed by atoms with van der Waals surface area (Å²) in [6, 6.07) is 2.14. The van der Waals surface area contributed by atoms with Gasteiger partial charge in [0.2, 0.25) is 0 Å². The molecule has 1 aromatic rings. The Labute approximate surface area is 120 Å². The third-order valence-corrected chi connectivity index (χ3v) is 4.69. The zero-order valence-corrected chi connectivity index (χ0v) is 13.5. The first kappa shape index (κ1) is 13.3. The molecule has 17 heavy (non-hydrogen) atoms. The van der Waals surface area contributed by atoms with Crippen LogP contribution >= 0.6 is 31.9 Å².